The first-order valence-corrected chi connectivity index (χ1v) is 14.4. The third-order valence-electron chi connectivity index (χ3n) is 6.90. The fourth-order valence-electron chi connectivity index (χ4n) is 4.99. The van der Waals surface area contributed by atoms with Crippen molar-refractivity contribution in [3.63, 3.8) is 0 Å². The quantitative estimate of drug-likeness (QED) is 0.468. The Morgan fingerprint density at radius 1 is 1.09 bits per heavy atom. The van der Waals surface area contributed by atoms with Crippen LogP contribution in [-0.4, -0.2) is 52.1 Å². The monoisotopic (exact) mass is 529 g/mol. The molecule has 1 heterocycles. The number of nitrogens with one attached hydrogen (secondary N) is 2. The van der Waals surface area contributed by atoms with Gasteiger partial charge in [0.15, 0.2) is 0 Å². The standard InChI is InChI=1S/C24H40BrN3O3S/c1-18(2)31-23-8-9-24(25)21(17-23)16-20-11-14-28(15-12-20)13-10-19-4-6-22(7-5-19)27-32(29,30)26-3/h8-9,17-20,22,26-27H,4-7,10-16H2,1-3H3/t19-,22-. The van der Waals surface area contributed by atoms with Crippen LogP contribution in [0.2, 0.25) is 0 Å². The molecule has 6 nitrogen and oxygen atoms in total. The first-order chi connectivity index (χ1) is 15.2. The van der Waals surface area contributed by atoms with Crippen LogP contribution in [-0.2, 0) is 16.6 Å². The van der Waals surface area contributed by atoms with E-state index in [9.17, 15) is 8.42 Å². The molecule has 1 aliphatic carbocycles. The van der Waals surface area contributed by atoms with Crippen molar-refractivity contribution in [1.29, 1.82) is 0 Å². The third kappa shape index (κ3) is 8.28. The number of benzene rings is 1. The minimum absolute atomic E-state index is 0.0863. The van der Waals surface area contributed by atoms with Gasteiger partial charge in [-0.1, -0.05) is 15.9 Å². The van der Waals surface area contributed by atoms with Gasteiger partial charge in [-0.2, -0.15) is 13.1 Å². The summed E-state index contributed by atoms with van der Waals surface area (Å²) in [6.07, 6.45) is 9.17. The van der Waals surface area contributed by atoms with Crippen LogP contribution in [0.15, 0.2) is 22.7 Å². The van der Waals surface area contributed by atoms with Gasteiger partial charge in [-0.05, 0) is 120 Å². The van der Waals surface area contributed by atoms with Crippen molar-refractivity contribution in [2.24, 2.45) is 11.8 Å². The van der Waals surface area contributed by atoms with Crippen molar-refractivity contribution in [3.8, 4) is 5.75 Å². The molecule has 0 atom stereocenters. The molecule has 1 saturated heterocycles. The van der Waals surface area contributed by atoms with Crippen LogP contribution < -0.4 is 14.2 Å². The van der Waals surface area contributed by atoms with E-state index < -0.39 is 10.2 Å². The lowest BCUT2D eigenvalue weighted by Gasteiger charge is -2.34. The molecule has 0 unspecified atom stereocenters. The molecule has 1 aromatic carbocycles. The lowest BCUT2D eigenvalue weighted by molar-refractivity contribution is 0.164. The van der Waals surface area contributed by atoms with Gasteiger partial charge < -0.3 is 9.64 Å². The maximum atomic E-state index is 11.7. The fourth-order valence-corrected chi connectivity index (χ4v) is 6.19. The van der Waals surface area contributed by atoms with E-state index in [0.29, 0.717) is 0 Å². The highest BCUT2D eigenvalue weighted by Crippen LogP contribution is 2.31. The van der Waals surface area contributed by atoms with Crippen molar-refractivity contribution in [1.82, 2.24) is 14.3 Å². The number of likely N-dealkylation sites (tertiary alicyclic amines) is 1. The van der Waals surface area contributed by atoms with E-state index >= 15 is 0 Å². The Morgan fingerprint density at radius 2 is 1.78 bits per heavy atom. The van der Waals surface area contributed by atoms with E-state index in [1.54, 1.807) is 0 Å². The second-order valence-corrected chi connectivity index (χ2v) is 12.2. The highest BCUT2D eigenvalue weighted by molar-refractivity contribution is 9.10. The Kier molecular flexibility index (Phi) is 9.85. The molecule has 32 heavy (non-hydrogen) atoms. The number of hydrogen-bond donors (Lipinski definition) is 2. The van der Waals surface area contributed by atoms with Crippen LogP contribution in [0.25, 0.3) is 0 Å². The van der Waals surface area contributed by atoms with E-state index in [2.05, 4.69) is 56.3 Å². The van der Waals surface area contributed by atoms with Gasteiger partial charge in [-0.15, -0.1) is 0 Å². The van der Waals surface area contributed by atoms with Crippen LogP contribution in [0.3, 0.4) is 0 Å². The normalized spacial score (nSPS) is 23.5. The second kappa shape index (κ2) is 12.2. The molecular weight excluding hydrogens is 490 g/mol. The molecule has 1 aliphatic heterocycles. The summed E-state index contributed by atoms with van der Waals surface area (Å²) >= 11 is 3.72. The zero-order valence-corrected chi connectivity index (χ0v) is 22.2. The number of hydrogen-bond acceptors (Lipinski definition) is 4. The summed E-state index contributed by atoms with van der Waals surface area (Å²) in [5, 5.41) is 0. The molecule has 2 N–H and O–H groups in total. The number of ether oxygens (including phenoxy) is 1. The van der Waals surface area contributed by atoms with Gasteiger partial charge in [0.05, 0.1) is 6.10 Å². The van der Waals surface area contributed by atoms with Crippen LogP contribution >= 0.6 is 15.9 Å². The van der Waals surface area contributed by atoms with Crippen LogP contribution in [0.4, 0.5) is 0 Å². The molecule has 2 aliphatic rings. The Balaban J connectivity index is 1.36. The summed E-state index contributed by atoms with van der Waals surface area (Å²) in [7, 11) is -1.87. The molecule has 8 heteroatoms. The van der Waals surface area contributed by atoms with Crippen molar-refractivity contribution in [3.05, 3.63) is 28.2 Å². The van der Waals surface area contributed by atoms with E-state index in [1.165, 1.54) is 56.0 Å². The molecule has 0 bridgehead atoms. The number of piperidine rings is 1. The van der Waals surface area contributed by atoms with Gasteiger partial charge in [-0.25, -0.2) is 4.72 Å². The maximum Gasteiger partial charge on any atom is 0.276 e. The van der Waals surface area contributed by atoms with Crippen LogP contribution in [0, 0.1) is 11.8 Å². The van der Waals surface area contributed by atoms with E-state index in [1.807, 2.05) is 6.07 Å². The average molecular weight is 531 g/mol. The SMILES string of the molecule is CNS(=O)(=O)N[C@H]1CC[C@H](CCN2CCC(Cc3cc(OC(C)C)ccc3Br)CC2)CC1. The predicted octanol–water partition coefficient (Wildman–Crippen LogP) is 4.49. The summed E-state index contributed by atoms with van der Waals surface area (Å²) < 4.78 is 35.5. The third-order valence-corrected chi connectivity index (χ3v) is 8.85. The molecule has 0 amide bonds. The smallest absolute Gasteiger partial charge is 0.276 e. The van der Waals surface area contributed by atoms with E-state index in [0.717, 1.165) is 49.7 Å². The van der Waals surface area contributed by atoms with Gasteiger partial charge in [0.25, 0.3) is 10.2 Å². The fraction of sp³-hybridized carbons (Fsp3) is 0.750. The Morgan fingerprint density at radius 3 is 2.41 bits per heavy atom. The first-order valence-electron chi connectivity index (χ1n) is 12.1. The lowest BCUT2D eigenvalue weighted by atomic mass is 9.84. The Hall–Kier alpha value is -0.670. The van der Waals surface area contributed by atoms with E-state index in [4.69, 9.17) is 4.74 Å². The van der Waals surface area contributed by atoms with Gasteiger partial charge >= 0.3 is 0 Å². The molecule has 182 valence electrons. The molecule has 0 aromatic heterocycles. The second-order valence-electron chi connectivity index (χ2n) is 9.74. The summed E-state index contributed by atoms with van der Waals surface area (Å²) in [5.41, 5.74) is 1.35. The number of halogens is 1. The highest BCUT2D eigenvalue weighted by Gasteiger charge is 2.26. The van der Waals surface area contributed by atoms with Gasteiger partial charge in [0, 0.05) is 17.6 Å². The van der Waals surface area contributed by atoms with Crippen LogP contribution in [0.5, 0.6) is 5.75 Å². The minimum Gasteiger partial charge on any atom is -0.491 e. The molecule has 1 saturated carbocycles. The molecule has 0 spiro atoms. The van der Waals surface area contributed by atoms with Gasteiger partial charge in [0.1, 0.15) is 5.75 Å². The number of rotatable bonds is 10. The number of nitrogens with zero attached hydrogens (tertiary/aromatic N) is 1. The topological polar surface area (TPSA) is 70.7 Å². The van der Waals surface area contributed by atoms with Crippen molar-refractivity contribution < 1.29 is 13.2 Å². The maximum absolute atomic E-state index is 11.7. The van der Waals surface area contributed by atoms with Crippen molar-refractivity contribution in [2.45, 2.75) is 77.4 Å². The summed E-state index contributed by atoms with van der Waals surface area (Å²) in [6.45, 7) is 7.66. The largest absolute Gasteiger partial charge is 0.491 e. The van der Waals surface area contributed by atoms with Gasteiger partial charge in [0.2, 0.25) is 0 Å². The van der Waals surface area contributed by atoms with Crippen molar-refractivity contribution >= 4 is 26.1 Å². The molecule has 3 rings (SSSR count). The van der Waals surface area contributed by atoms with Crippen molar-refractivity contribution in [2.75, 3.05) is 26.7 Å². The van der Waals surface area contributed by atoms with E-state index in [-0.39, 0.29) is 12.1 Å². The molecule has 0 radical (unpaired) electrons. The molecule has 1 aromatic rings. The summed E-state index contributed by atoms with van der Waals surface area (Å²) in [5.74, 6) is 2.42. The Bertz CT molecular complexity index is 818. The Labute approximate surface area is 203 Å². The minimum atomic E-state index is -3.32. The average Bonchev–Trinajstić information content (AvgIpc) is 2.76. The van der Waals surface area contributed by atoms with Crippen LogP contribution in [0.1, 0.15) is 64.4 Å². The lowest BCUT2D eigenvalue weighted by Crippen LogP contribution is -2.43. The first kappa shape index (κ1) is 25.9. The molecular formula is C24H40BrN3O3S. The predicted molar refractivity (Wildman–Crippen MR) is 134 cm³/mol. The zero-order chi connectivity index (χ0) is 23.1. The molecule has 2 fully saturated rings. The zero-order valence-electron chi connectivity index (χ0n) is 19.8. The van der Waals surface area contributed by atoms with Gasteiger partial charge in [-0.3, -0.25) is 0 Å². The summed E-state index contributed by atoms with van der Waals surface area (Å²) in [4.78, 5) is 2.62. The highest BCUT2D eigenvalue weighted by atomic mass is 79.9. The summed E-state index contributed by atoms with van der Waals surface area (Å²) in [6, 6.07) is 6.44.